The minimum absolute atomic E-state index is 0.693. The number of nitrogens with zero attached hydrogens (tertiary/aromatic N) is 2. The highest BCUT2D eigenvalue weighted by atomic mass is 35.5. The summed E-state index contributed by atoms with van der Waals surface area (Å²) in [6, 6.07) is 5.67. The highest BCUT2D eigenvalue weighted by molar-refractivity contribution is 6.35. The van der Waals surface area contributed by atoms with Crippen molar-refractivity contribution in [2.45, 2.75) is 6.54 Å². The molecule has 2 rings (SSSR count). The van der Waals surface area contributed by atoms with Crippen LogP contribution in [0.5, 0.6) is 0 Å². The normalized spacial score (nSPS) is 10.7. The van der Waals surface area contributed by atoms with Crippen LogP contribution < -0.4 is 5.32 Å². The molecule has 0 unspecified atom stereocenters. The first-order valence-electron chi connectivity index (χ1n) is 4.36. The summed E-state index contributed by atoms with van der Waals surface area (Å²) in [6.45, 7) is 0.740. The first kappa shape index (κ1) is 9.37. The summed E-state index contributed by atoms with van der Waals surface area (Å²) in [6.07, 6.45) is 1.67. The number of hydrogen-bond donors (Lipinski definition) is 1. The Kier molecular flexibility index (Phi) is 2.61. The van der Waals surface area contributed by atoms with E-state index in [9.17, 15) is 0 Å². The second-order valence-corrected chi connectivity index (χ2v) is 3.40. The molecule has 0 radical (unpaired) electrons. The van der Waals surface area contributed by atoms with Crippen molar-refractivity contribution in [1.82, 2.24) is 15.3 Å². The van der Waals surface area contributed by atoms with Crippen LogP contribution >= 0.6 is 11.6 Å². The van der Waals surface area contributed by atoms with Gasteiger partial charge in [0, 0.05) is 18.1 Å². The summed E-state index contributed by atoms with van der Waals surface area (Å²) < 4.78 is 0. The Bertz CT molecular complexity index is 456. The fourth-order valence-electron chi connectivity index (χ4n) is 1.32. The third-order valence-corrected chi connectivity index (χ3v) is 2.30. The van der Waals surface area contributed by atoms with E-state index in [0.29, 0.717) is 10.7 Å². The number of nitrogens with one attached hydrogen (secondary N) is 1. The van der Waals surface area contributed by atoms with E-state index in [-0.39, 0.29) is 0 Å². The van der Waals surface area contributed by atoms with Crippen molar-refractivity contribution in [1.29, 1.82) is 0 Å². The summed E-state index contributed by atoms with van der Waals surface area (Å²) in [5.41, 5.74) is 1.67. The third kappa shape index (κ3) is 1.69. The number of fused-ring (bicyclic) bond motifs is 1. The lowest BCUT2D eigenvalue weighted by Crippen LogP contribution is -2.06. The Labute approximate surface area is 87.1 Å². The maximum Gasteiger partial charge on any atom is 0.160 e. The van der Waals surface area contributed by atoms with Gasteiger partial charge in [0.2, 0.25) is 0 Å². The van der Waals surface area contributed by atoms with Crippen LogP contribution in [0.15, 0.2) is 24.4 Å². The molecule has 0 spiro atoms. The fourth-order valence-corrected chi connectivity index (χ4v) is 1.52. The molecule has 2 heterocycles. The van der Waals surface area contributed by atoms with Crippen LogP contribution in [0.25, 0.3) is 11.0 Å². The molecule has 0 aliphatic carbocycles. The molecule has 0 amide bonds. The van der Waals surface area contributed by atoms with Crippen molar-refractivity contribution in [3.8, 4) is 0 Å². The van der Waals surface area contributed by atoms with E-state index in [1.54, 1.807) is 12.3 Å². The number of hydrogen-bond acceptors (Lipinski definition) is 3. The van der Waals surface area contributed by atoms with Crippen LogP contribution in [0.4, 0.5) is 0 Å². The molecule has 0 atom stereocenters. The fraction of sp³-hybridized carbons (Fsp3) is 0.200. The van der Waals surface area contributed by atoms with Gasteiger partial charge in [0.25, 0.3) is 0 Å². The molecule has 4 heteroatoms. The Morgan fingerprint density at radius 2 is 2.21 bits per heavy atom. The van der Waals surface area contributed by atoms with E-state index < -0.39 is 0 Å². The predicted molar refractivity (Wildman–Crippen MR) is 57.3 cm³/mol. The number of aromatic nitrogens is 2. The summed E-state index contributed by atoms with van der Waals surface area (Å²) >= 11 is 5.99. The summed E-state index contributed by atoms with van der Waals surface area (Å²) in [4.78, 5) is 8.53. The molecule has 14 heavy (non-hydrogen) atoms. The molecule has 0 fully saturated rings. The molecule has 0 bridgehead atoms. The largest absolute Gasteiger partial charge is 0.314 e. The minimum atomic E-state index is 0.693. The van der Waals surface area contributed by atoms with Gasteiger partial charge in [-0.3, -0.25) is 0 Å². The van der Waals surface area contributed by atoms with Gasteiger partial charge < -0.3 is 5.32 Å². The van der Waals surface area contributed by atoms with Gasteiger partial charge in [0.15, 0.2) is 5.65 Å². The van der Waals surface area contributed by atoms with Crippen molar-refractivity contribution in [2.75, 3.05) is 7.05 Å². The van der Waals surface area contributed by atoms with Crippen LogP contribution in [0, 0.1) is 0 Å². The molecule has 0 aliphatic rings. The second-order valence-electron chi connectivity index (χ2n) is 3.00. The van der Waals surface area contributed by atoms with Gasteiger partial charge in [0.1, 0.15) is 0 Å². The van der Waals surface area contributed by atoms with Crippen molar-refractivity contribution < 1.29 is 0 Å². The van der Waals surface area contributed by atoms with Gasteiger partial charge in [-0.05, 0) is 25.2 Å². The molecule has 2 aromatic heterocycles. The van der Waals surface area contributed by atoms with Crippen LogP contribution in [-0.2, 0) is 6.54 Å². The van der Waals surface area contributed by atoms with E-state index >= 15 is 0 Å². The standard InChI is InChI=1S/C10H10ClN3/c1-12-6-7-2-3-8-9(11)4-5-13-10(8)14-7/h2-5,12H,6H2,1H3. The average molecular weight is 208 g/mol. The maximum absolute atomic E-state index is 5.99. The average Bonchev–Trinajstić information content (AvgIpc) is 2.18. The van der Waals surface area contributed by atoms with Crippen molar-refractivity contribution in [2.24, 2.45) is 0 Å². The van der Waals surface area contributed by atoms with Gasteiger partial charge >= 0.3 is 0 Å². The Morgan fingerprint density at radius 1 is 1.36 bits per heavy atom. The van der Waals surface area contributed by atoms with E-state index in [2.05, 4.69) is 15.3 Å². The van der Waals surface area contributed by atoms with Gasteiger partial charge in [-0.2, -0.15) is 0 Å². The van der Waals surface area contributed by atoms with Crippen LogP contribution in [0.3, 0.4) is 0 Å². The first-order chi connectivity index (χ1) is 6.81. The predicted octanol–water partition coefficient (Wildman–Crippen LogP) is 2.00. The topological polar surface area (TPSA) is 37.8 Å². The lowest BCUT2D eigenvalue weighted by Gasteiger charge is -2.02. The molecule has 0 aliphatic heterocycles. The Morgan fingerprint density at radius 3 is 3.00 bits per heavy atom. The number of pyridine rings is 2. The zero-order valence-corrected chi connectivity index (χ0v) is 8.54. The lowest BCUT2D eigenvalue weighted by atomic mass is 10.2. The van der Waals surface area contributed by atoms with E-state index in [1.165, 1.54) is 0 Å². The molecule has 0 saturated heterocycles. The Hall–Kier alpha value is -1.19. The monoisotopic (exact) mass is 207 g/mol. The quantitative estimate of drug-likeness (QED) is 0.819. The van der Waals surface area contributed by atoms with Gasteiger partial charge in [0.05, 0.1) is 10.7 Å². The molecule has 0 saturated carbocycles. The van der Waals surface area contributed by atoms with E-state index in [4.69, 9.17) is 11.6 Å². The zero-order chi connectivity index (χ0) is 9.97. The summed E-state index contributed by atoms with van der Waals surface area (Å²) in [7, 11) is 1.89. The van der Waals surface area contributed by atoms with Gasteiger partial charge in [-0.1, -0.05) is 11.6 Å². The van der Waals surface area contributed by atoms with Crippen molar-refractivity contribution >= 4 is 22.6 Å². The summed E-state index contributed by atoms with van der Waals surface area (Å²) in [5, 5.41) is 4.63. The second kappa shape index (κ2) is 3.90. The molecule has 72 valence electrons. The van der Waals surface area contributed by atoms with Gasteiger partial charge in [-0.25, -0.2) is 9.97 Å². The summed E-state index contributed by atoms with van der Waals surface area (Å²) in [5.74, 6) is 0. The molecule has 3 nitrogen and oxygen atoms in total. The highest BCUT2D eigenvalue weighted by Gasteiger charge is 2.01. The maximum atomic E-state index is 5.99. The third-order valence-electron chi connectivity index (χ3n) is 1.97. The molecule has 0 aromatic carbocycles. The minimum Gasteiger partial charge on any atom is -0.314 e. The van der Waals surface area contributed by atoms with E-state index in [0.717, 1.165) is 17.6 Å². The van der Waals surface area contributed by atoms with Crippen LogP contribution in [-0.4, -0.2) is 17.0 Å². The molecule has 2 aromatic rings. The smallest absolute Gasteiger partial charge is 0.160 e. The Balaban J connectivity index is 2.56. The number of rotatable bonds is 2. The first-order valence-corrected chi connectivity index (χ1v) is 4.74. The zero-order valence-electron chi connectivity index (χ0n) is 7.79. The molecule has 1 N–H and O–H groups in total. The van der Waals surface area contributed by atoms with Crippen molar-refractivity contribution in [3.05, 3.63) is 35.1 Å². The SMILES string of the molecule is CNCc1ccc2c(Cl)ccnc2n1. The molecular weight excluding hydrogens is 198 g/mol. The van der Waals surface area contributed by atoms with Crippen LogP contribution in [0.2, 0.25) is 5.02 Å². The van der Waals surface area contributed by atoms with Crippen LogP contribution in [0.1, 0.15) is 5.69 Å². The van der Waals surface area contributed by atoms with Crippen molar-refractivity contribution in [3.63, 3.8) is 0 Å². The lowest BCUT2D eigenvalue weighted by molar-refractivity contribution is 0.794. The molecular formula is C10H10ClN3. The van der Waals surface area contributed by atoms with E-state index in [1.807, 2.05) is 19.2 Å². The van der Waals surface area contributed by atoms with Gasteiger partial charge in [-0.15, -0.1) is 0 Å². The highest BCUT2D eigenvalue weighted by Crippen LogP contribution is 2.19. The number of halogens is 1.